The molecule has 6 nitrogen and oxygen atoms in total. The molecule has 28 heavy (non-hydrogen) atoms. The Labute approximate surface area is 190 Å². The van der Waals surface area contributed by atoms with Gasteiger partial charge in [-0.1, -0.05) is 0 Å². The van der Waals surface area contributed by atoms with Crippen LogP contribution >= 0.6 is 35.3 Å². The minimum absolute atomic E-state index is 0. The van der Waals surface area contributed by atoms with Gasteiger partial charge in [-0.2, -0.15) is 11.3 Å². The first-order valence-corrected chi connectivity index (χ1v) is 10.8. The molecule has 2 rings (SSSR count). The summed E-state index contributed by atoms with van der Waals surface area (Å²) in [4.78, 5) is 18.8. The number of guanidine groups is 1. The van der Waals surface area contributed by atoms with E-state index in [9.17, 15) is 4.79 Å². The van der Waals surface area contributed by atoms with Crippen LogP contribution in [0.5, 0.6) is 0 Å². The number of piperidine rings is 1. The molecule has 0 spiro atoms. The monoisotopic (exact) mass is 522 g/mol. The molecule has 1 amide bonds. The van der Waals surface area contributed by atoms with E-state index >= 15 is 0 Å². The van der Waals surface area contributed by atoms with Gasteiger partial charge in [0.2, 0.25) is 0 Å². The third-order valence-electron chi connectivity index (χ3n) is 4.36. The van der Waals surface area contributed by atoms with E-state index in [4.69, 9.17) is 4.74 Å². The van der Waals surface area contributed by atoms with Crippen molar-refractivity contribution in [2.24, 2.45) is 10.9 Å². The van der Waals surface area contributed by atoms with Crippen molar-refractivity contribution in [2.45, 2.75) is 59.1 Å². The molecule has 160 valence electrons. The summed E-state index contributed by atoms with van der Waals surface area (Å²) in [6.45, 7) is 11.8. The minimum atomic E-state index is -0.439. The number of thiophene rings is 1. The lowest BCUT2D eigenvalue weighted by atomic mass is 9.95. The predicted molar refractivity (Wildman–Crippen MR) is 128 cm³/mol. The highest BCUT2D eigenvalue weighted by Gasteiger charge is 2.27. The van der Waals surface area contributed by atoms with Crippen LogP contribution in [0.25, 0.3) is 0 Å². The van der Waals surface area contributed by atoms with Gasteiger partial charge in [0.1, 0.15) is 5.60 Å². The maximum Gasteiger partial charge on any atom is 0.410 e. The van der Waals surface area contributed by atoms with Crippen molar-refractivity contribution in [1.82, 2.24) is 15.5 Å². The van der Waals surface area contributed by atoms with Crippen LogP contribution in [0.3, 0.4) is 0 Å². The van der Waals surface area contributed by atoms with Crippen LogP contribution < -0.4 is 10.6 Å². The van der Waals surface area contributed by atoms with Gasteiger partial charge in [-0.3, -0.25) is 0 Å². The molecule has 0 saturated carbocycles. The van der Waals surface area contributed by atoms with Crippen LogP contribution in [-0.2, 0) is 11.3 Å². The number of aliphatic imine (C=N–C) groups is 1. The van der Waals surface area contributed by atoms with Crippen LogP contribution in [0.15, 0.2) is 21.8 Å². The molecule has 1 aromatic rings. The Balaban J connectivity index is 0.00000392. The van der Waals surface area contributed by atoms with Crippen molar-refractivity contribution in [2.75, 3.05) is 26.2 Å². The fourth-order valence-electron chi connectivity index (χ4n) is 3.08. The number of carbonyl (C=O) groups excluding carboxylic acids is 1. The minimum Gasteiger partial charge on any atom is -0.444 e. The van der Waals surface area contributed by atoms with Crippen LogP contribution in [0.4, 0.5) is 4.79 Å². The van der Waals surface area contributed by atoms with Gasteiger partial charge in [0, 0.05) is 26.2 Å². The highest BCUT2D eigenvalue weighted by atomic mass is 127. The van der Waals surface area contributed by atoms with Crippen molar-refractivity contribution in [3.8, 4) is 0 Å². The molecule has 0 aliphatic carbocycles. The molecule has 1 aromatic heterocycles. The van der Waals surface area contributed by atoms with Crippen LogP contribution in [0, 0.1) is 5.92 Å². The highest BCUT2D eigenvalue weighted by Crippen LogP contribution is 2.21. The lowest BCUT2D eigenvalue weighted by Gasteiger charge is -2.34. The van der Waals surface area contributed by atoms with Crippen molar-refractivity contribution in [3.63, 3.8) is 0 Å². The highest BCUT2D eigenvalue weighted by molar-refractivity contribution is 14.0. The molecule has 1 aliphatic heterocycles. The van der Waals surface area contributed by atoms with Gasteiger partial charge in [0.25, 0.3) is 0 Å². The Hall–Kier alpha value is -1.03. The van der Waals surface area contributed by atoms with E-state index in [0.29, 0.717) is 12.5 Å². The Morgan fingerprint density at radius 1 is 1.39 bits per heavy atom. The average molecular weight is 522 g/mol. The van der Waals surface area contributed by atoms with Crippen LogP contribution in [0.1, 0.15) is 52.5 Å². The topological polar surface area (TPSA) is 66.0 Å². The van der Waals surface area contributed by atoms with Gasteiger partial charge >= 0.3 is 6.09 Å². The van der Waals surface area contributed by atoms with Gasteiger partial charge in [-0.15, -0.1) is 24.0 Å². The summed E-state index contributed by atoms with van der Waals surface area (Å²) in [5.74, 6) is 1.35. The van der Waals surface area contributed by atoms with Crippen LogP contribution in [0.2, 0.25) is 0 Å². The summed E-state index contributed by atoms with van der Waals surface area (Å²) in [5.41, 5.74) is 0.795. The number of halogens is 1. The van der Waals surface area contributed by atoms with E-state index in [2.05, 4.69) is 39.4 Å². The van der Waals surface area contributed by atoms with Gasteiger partial charge < -0.3 is 20.3 Å². The van der Waals surface area contributed by atoms with Gasteiger partial charge in [0.05, 0.1) is 6.54 Å². The second-order valence-corrected chi connectivity index (χ2v) is 8.76. The SMILES string of the molecule is CCNC(=NCc1ccsc1)NCCC1CCCN(C(=O)OC(C)(C)C)C1.I. The van der Waals surface area contributed by atoms with Crippen molar-refractivity contribution in [1.29, 1.82) is 0 Å². The first-order chi connectivity index (χ1) is 12.9. The number of amides is 1. The van der Waals surface area contributed by atoms with E-state index in [1.54, 1.807) is 11.3 Å². The Morgan fingerprint density at radius 2 is 2.18 bits per heavy atom. The third kappa shape index (κ3) is 9.45. The average Bonchev–Trinajstić information content (AvgIpc) is 3.12. The van der Waals surface area contributed by atoms with Crippen molar-refractivity contribution >= 4 is 47.4 Å². The number of likely N-dealkylation sites (tertiary alicyclic amines) is 1. The van der Waals surface area contributed by atoms with Gasteiger partial charge in [0.15, 0.2) is 5.96 Å². The lowest BCUT2D eigenvalue weighted by molar-refractivity contribution is 0.0162. The first kappa shape index (κ1) is 25.0. The lowest BCUT2D eigenvalue weighted by Crippen LogP contribution is -2.44. The number of hydrogen-bond donors (Lipinski definition) is 2. The first-order valence-electron chi connectivity index (χ1n) is 9.88. The molecular weight excluding hydrogens is 487 g/mol. The fourth-order valence-corrected chi connectivity index (χ4v) is 3.74. The Bertz CT molecular complexity index is 602. The largest absolute Gasteiger partial charge is 0.444 e. The number of rotatable bonds is 6. The molecule has 8 heteroatoms. The number of nitrogens with zero attached hydrogens (tertiary/aromatic N) is 2. The molecule has 1 fully saturated rings. The smallest absolute Gasteiger partial charge is 0.410 e. The third-order valence-corrected chi connectivity index (χ3v) is 5.09. The maximum absolute atomic E-state index is 12.3. The number of hydrogen-bond acceptors (Lipinski definition) is 4. The molecule has 2 N–H and O–H groups in total. The quantitative estimate of drug-likeness (QED) is 0.329. The predicted octanol–water partition coefficient (Wildman–Crippen LogP) is 4.46. The van der Waals surface area contributed by atoms with E-state index in [-0.39, 0.29) is 30.1 Å². The molecule has 1 aliphatic rings. The molecule has 1 atom stereocenters. The number of carbonyl (C=O) groups is 1. The zero-order valence-electron chi connectivity index (χ0n) is 17.5. The van der Waals surface area contributed by atoms with Crippen LogP contribution in [-0.4, -0.2) is 48.7 Å². The molecule has 0 bridgehead atoms. The van der Waals surface area contributed by atoms with E-state index in [1.165, 1.54) is 5.56 Å². The summed E-state index contributed by atoms with van der Waals surface area (Å²) in [6.07, 6.45) is 3.02. The molecule has 1 unspecified atom stereocenters. The Morgan fingerprint density at radius 3 is 2.82 bits per heavy atom. The summed E-state index contributed by atoms with van der Waals surface area (Å²) < 4.78 is 5.51. The number of nitrogens with one attached hydrogen (secondary N) is 2. The zero-order valence-corrected chi connectivity index (χ0v) is 20.6. The standard InChI is InChI=1S/C20H34N4O2S.HI/c1-5-21-18(23-13-17-9-12-27-15-17)22-10-8-16-7-6-11-24(14-16)19(25)26-20(2,3)4;/h9,12,15-16H,5-8,10-11,13-14H2,1-4H3,(H2,21,22,23);1H. The van der Waals surface area contributed by atoms with E-state index in [1.807, 2.05) is 25.7 Å². The maximum atomic E-state index is 12.3. The molecule has 0 aromatic carbocycles. The van der Waals surface area contributed by atoms with Gasteiger partial charge in [-0.25, -0.2) is 9.79 Å². The van der Waals surface area contributed by atoms with Gasteiger partial charge in [-0.05, 0) is 75.3 Å². The molecule has 1 saturated heterocycles. The number of ether oxygens (including phenoxy) is 1. The van der Waals surface area contributed by atoms with E-state index < -0.39 is 5.60 Å². The molecular formula is C20H35IN4O2S. The summed E-state index contributed by atoms with van der Waals surface area (Å²) in [7, 11) is 0. The van der Waals surface area contributed by atoms with E-state index in [0.717, 1.165) is 51.4 Å². The summed E-state index contributed by atoms with van der Waals surface area (Å²) >= 11 is 1.69. The summed E-state index contributed by atoms with van der Waals surface area (Å²) in [6, 6.07) is 2.10. The zero-order chi connectivity index (χ0) is 19.7. The Kier molecular flexibility index (Phi) is 11.2. The molecule has 2 heterocycles. The second-order valence-electron chi connectivity index (χ2n) is 7.98. The second kappa shape index (κ2) is 12.5. The summed E-state index contributed by atoms with van der Waals surface area (Å²) in [5, 5.41) is 10.9. The molecule has 0 radical (unpaired) electrons. The van der Waals surface area contributed by atoms with Crippen molar-refractivity contribution in [3.05, 3.63) is 22.4 Å². The normalized spacial score (nSPS) is 17.6. The van der Waals surface area contributed by atoms with Crippen molar-refractivity contribution < 1.29 is 9.53 Å². The fraction of sp³-hybridized carbons (Fsp3) is 0.700.